The van der Waals surface area contributed by atoms with Crippen LogP contribution in [0.3, 0.4) is 0 Å². The quantitative estimate of drug-likeness (QED) is 0.290. The summed E-state index contributed by atoms with van der Waals surface area (Å²) < 4.78 is 9.90. The summed E-state index contributed by atoms with van der Waals surface area (Å²) in [7, 11) is 1.78. The van der Waals surface area contributed by atoms with E-state index in [1.165, 1.54) is 0 Å². The molecule has 1 saturated heterocycles. The maximum atomic E-state index is 11.9. The summed E-state index contributed by atoms with van der Waals surface area (Å²) in [4.78, 5) is 34.6. The zero-order valence-electron chi connectivity index (χ0n) is 10.7. The highest BCUT2D eigenvalue weighted by Crippen LogP contribution is 2.20. The molecule has 1 aliphatic rings. The lowest BCUT2D eigenvalue weighted by Crippen LogP contribution is -2.37. The van der Waals surface area contributed by atoms with E-state index < -0.39 is 18.0 Å². The van der Waals surface area contributed by atoms with Crippen LogP contribution < -0.4 is 0 Å². The Bertz CT molecular complexity index is 373. The SMILES string of the molecule is C=CC(=O)OC(CC(=O)[N+]1(C)CC1)C(=O)OCC. The molecule has 0 N–H and O–H groups in total. The highest BCUT2D eigenvalue weighted by molar-refractivity contribution is 5.87. The fourth-order valence-corrected chi connectivity index (χ4v) is 1.38. The molecular formula is C12H18NO5+. The monoisotopic (exact) mass is 256 g/mol. The van der Waals surface area contributed by atoms with Gasteiger partial charge in [-0.3, -0.25) is 4.48 Å². The van der Waals surface area contributed by atoms with E-state index in [9.17, 15) is 14.4 Å². The number of ether oxygens (including phenoxy) is 2. The number of esters is 2. The Morgan fingerprint density at radius 1 is 1.39 bits per heavy atom. The third-order valence-corrected chi connectivity index (χ3v) is 2.83. The lowest BCUT2D eigenvalue weighted by molar-refractivity contribution is -0.695. The molecule has 6 heteroatoms. The number of hydrogen-bond donors (Lipinski definition) is 0. The van der Waals surface area contributed by atoms with Crippen LogP contribution in [0.15, 0.2) is 12.7 Å². The minimum absolute atomic E-state index is 0.134. The molecule has 0 aliphatic carbocycles. The maximum absolute atomic E-state index is 11.9. The normalized spacial score (nSPS) is 17.4. The van der Waals surface area contributed by atoms with Crippen LogP contribution in [-0.2, 0) is 23.9 Å². The van der Waals surface area contributed by atoms with Crippen molar-refractivity contribution in [2.75, 3.05) is 26.7 Å². The Morgan fingerprint density at radius 2 is 2.00 bits per heavy atom. The molecule has 1 rings (SSSR count). The Hall–Kier alpha value is -1.69. The van der Waals surface area contributed by atoms with Gasteiger partial charge in [0.2, 0.25) is 6.10 Å². The number of amides is 1. The third kappa shape index (κ3) is 3.66. The van der Waals surface area contributed by atoms with Gasteiger partial charge in [-0.1, -0.05) is 6.58 Å². The molecular weight excluding hydrogens is 238 g/mol. The van der Waals surface area contributed by atoms with Crippen molar-refractivity contribution in [1.29, 1.82) is 0 Å². The molecule has 1 fully saturated rings. The molecule has 18 heavy (non-hydrogen) atoms. The van der Waals surface area contributed by atoms with E-state index in [1.807, 2.05) is 0 Å². The van der Waals surface area contributed by atoms with Crippen LogP contribution in [0.25, 0.3) is 0 Å². The second kappa shape index (κ2) is 5.77. The van der Waals surface area contributed by atoms with Gasteiger partial charge in [-0.05, 0) is 6.92 Å². The van der Waals surface area contributed by atoms with Gasteiger partial charge in [0.25, 0.3) is 0 Å². The second-order valence-corrected chi connectivity index (χ2v) is 4.32. The van der Waals surface area contributed by atoms with E-state index in [0.717, 1.165) is 19.2 Å². The van der Waals surface area contributed by atoms with Crippen LogP contribution in [0.1, 0.15) is 13.3 Å². The Morgan fingerprint density at radius 3 is 2.44 bits per heavy atom. The highest BCUT2D eigenvalue weighted by Gasteiger charge is 2.47. The molecule has 0 spiro atoms. The van der Waals surface area contributed by atoms with Crippen LogP contribution in [0.2, 0.25) is 0 Å². The van der Waals surface area contributed by atoms with Crippen LogP contribution in [0.4, 0.5) is 0 Å². The zero-order chi connectivity index (χ0) is 13.8. The average molecular weight is 256 g/mol. The molecule has 1 atom stereocenters. The fourth-order valence-electron chi connectivity index (χ4n) is 1.38. The van der Waals surface area contributed by atoms with E-state index >= 15 is 0 Å². The molecule has 100 valence electrons. The summed E-state index contributed by atoms with van der Waals surface area (Å²) in [6.45, 7) is 6.56. The number of hydrogen-bond acceptors (Lipinski definition) is 5. The zero-order valence-corrected chi connectivity index (χ0v) is 10.7. The Balaban J connectivity index is 2.64. The number of rotatable bonds is 6. The number of quaternary nitrogens is 1. The van der Waals surface area contributed by atoms with Crippen LogP contribution in [0, 0.1) is 0 Å². The molecule has 1 aliphatic heterocycles. The smallest absolute Gasteiger partial charge is 0.348 e. The predicted octanol–water partition coefficient (Wildman–Crippen LogP) is 0.0242. The largest absolute Gasteiger partial charge is 0.463 e. The number of carbonyl (C=O) groups excluding carboxylic acids is 3. The molecule has 1 amide bonds. The van der Waals surface area contributed by atoms with Crippen molar-refractivity contribution in [3.8, 4) is 0 Å². The fraction of sp³-hybridized carbons (Fsp3) is 0.583. The van der Waals surface area contributed by atoms with E-state index in [1.54, 1.807) is 14.0 Å². The molecule has 1 unspecified atom stereocenters. The number of likely N-dealkylation sites (N-methyl/N-ethyl adjacent to an activating group) is 1. The number of carbonyl (C=O) groups is 3. The van der Waals surface area contributed by atoms with E-state index in [-0.39, 0.29) is 23.4 Å². The minimum atomic E-state index is -1.18. The molecule has 1 heterocycles. The molecule has 0 saturated carbocycles. The standard InChI is InChI=1S/C12H18NO5/c1-4-11(15)18-9(12(16)17-5-2)8-10(14)13(3)6-7-13/h4,9H,1,5-8H2,2-3H3/q+1. The van der Waals surface area contributed by atoms with Crippen molar-refractivity contribution in [2.45, 2.75) is 19.4 Å². The van der Waals surface area contributed by atoms with Gasteiger partial charge in [0.05, 0.1) is 13.7 Å². The van der Waals surface area contributed by atoms with Crippen molar-refractivity contribution in [2.24, 2.45) is 0 Å². The van der Waals surface area contributed by atoms with Crippen LogP contribution in [0.5, 0.6) is 0 Å². The van der Waals surface area contributed by atoms with Crippen molar-refractivity contribution in [3.63, 3.8) is 0 Å². The topological polar surface area (TPSA) is 69.7 Å². The third-order valence-electron chi connectivity index (χ3n) is 2.83. The van der Waals surface area contributed by atoms with Crippen molar-refractivity contribution >= 4 is 17.8 Å². The first-order chi connectivity index (χ1) is 8.42. The maximum Gasteiger partial charge on any atom is 0.348 e. The molecule has 0 bridgehead atoms. The summed E-state index contributed by atoms with van der Waals surface area (Å²) in [6.07, 6.45) is -0.391. The molecule has 0 aromatic rings. The summed E-state index contributed by atoms with van der Waals surface area (Å²) in [5.41, 5.74) is 0. The number of nitrogens with zero attached hydrogens (tertiary/aromatic N) is 1. The Labute approximate surface area is 106 Å². The van der Waals surface area contributed by atoms with E-state index in [2.05, 4.69) is 6.58 Å². The van der Waals surface area contributed by atoms with E-state index in [0.29, 0.717) is 0 Å². The van der Waals surface area contributed by atoms with Crippen molar-refractivity contribution < 1.29 is 28.3 Å². The Kier molecular flexibility index (Phi) is 4.61. The first kappa shape index (κ1) is 14.4. The molecule has 0 radical (unpaired) electrons. The summed E-state index contributed by atoms with van der Waals surface area (Å²) in [6, 6.07) is 0. The van der Waals surface area contributed by atoms with Gasteiger partial charge in [-0.2, -0.15) is 0 Å². The van der Waals surface area contributed by atoms with Gasteiger partial charge in [0, 0.05) is 6.08 Å². The van der Waals surface area contributed by atoms with Gasteiger partial charge in [-0.15, -0.1) is 0 Å². The van der Waals surface area contributed by atoms with Gasteiger partial charge < -0.3 is 9.47 Å². The van der Waals surface area contributed by atoms with Crippen LogP contribution >= 0.6 is 0 Å². The van der Waals surface area contributed by atoms with Crippen molar-refractivity contribution in [1.82, 2.24) is 0 Å². The van der Waals surface area contributed by atoms with Gasteiger partial charge in [-0.25, -0.2) is 14.4 Å². The first-order valence-electron chi connectivity index (χ1n) is 5.80. The summed E-state index contributed by atoms with van der Waals surface area (Å²) >= 11 is 0. The first-order valence-corrected chi connectivity index (χ1v) is 5.80. The van der Waals surface area contributed by atoms with Crippen LogP contribution in [-0.4, -0.2) is 55.2 Å². The minimum Gasteiger partial charge on any atom is -0.463 e. The van der Waals surface area contributed by atoms with Gasteiger partial charge in [0.15, 0.2) is 0 Å². The highest BCUT2D eigenvalue weighted by atomic mass is 16.6. The van der Waals surface area contributed by atoms with Gasteiger partial charge >= 0.3 is 17.8 Å². The van der Waals surface area contributed by atoms with Crippen molar-refractivity contribution in [3.05, 3.63) is 12.7 Å². The molecule has 0 aromatic heterocycles. The second-order valence-electron chi connectivity index (χ2n) is 4.32. The summed E-state index contributed by atoms with van der Waals surface area (Å²) in [5, 5.41) is 0. The predicted molar refractivity (Wildman–Crippen MR) is 62.3 cm³/mol. The molecule has 6 nitrogen and oxygen atoms in total. The van der Waals surface area contributed by atoms with E-state index in [4.69, 9.17) is 9.47 Å². The summed E-state index contributed by atoms with van der Waals surface area (Å²) in [5.74, 6) is -1.58. The molecule has 0 aromatic carbocycles. The lowest BCUT2D eigenvalue weighted by Gasteiger charge is -2.16. The van der Waals surface area contributed by atoms with Gasteiger partial charge in [0.1, 0.15) is 19.5 Å². The average Bonchev–Trinajstić information content (AvgIpc) is 3.07. The lowest BCUT2D eigenvalue weighted by atomic mass is 10.2.